The fourth-order valence-electron chi connectivity index (χ4n) is 3.35. The summed E-state index contributed by atoms with van der Waals surface area (Å²) in [5, 5.41) is 14.7. The molecule has 3 aliphatic rings. The van der Waals surface area contributed by atoms with Crippen LogP contribution in [0.25, 0.3) is 0 Å². The lowest BCUT2D eigenvalue weighted by molar-refractivity contribution is -0.0713. The Morgan fingerprint density at radius 3 is 2.82 bits per heavy atom. The van der Waals surface area contributed by atoms with E-state index in [1.165, 1.54) is 0 Å². The number of piperidine rings is 3. The lowest BCUT2D eigenvalue weighted by Crippen LogP contribution is -2.58. The molecule has 1 N–H and O–H groups in total. The summed E-state index contributed by atoms with van der Waals surface area (Å²) in [7, 11) is 0. The number of fused-ring (bicyclic) bond motifs is 3. The molecule has 0 aliphatic carbocycles. The first kappa shape index (κ1) is 17.1. The van der Waals surface area contributed by atoms with Crippen LogP contribution in [0, 0.1) is 23.7 Å². The van der Waals surface area contributed by atoms with Gasteiger partial charge >= 0.3 is 0 Å². The quantitative estimate of drug-likeness (QED) is 0.340. The van der Waals surface area contributed by atoms with Crippen LogP contribution in [0.1, 0.15) is 39.0 Å². The molecule has 2 bridgehead atoms. The first-order valence-corrected chi connectivity index (χ1v) is 8.37. The van der Waals surface area contributed by atoms with Gasteiger partial charge in [-0.25, -0.2) is 0 Å². The van der Waals surface area contributed by atoms with Crippen molar-refractivity contribution in [1.29, 1.82) is 0 Å². The number of aliphatic hydroxyl groups is 1. The fraction of sp³-hybridized carbons (Fsp3) is 0.722. The molecule has 0 aromatic heterocycles. The number of allylic oxidation sites excluding steroid dienone is 1. The van der Waals surface area contributed by atoms with E-state index in [1.54, 1.807) is 0 Å². The second-order valence-electron chi connectivity index (χ2n) is 6.31. The number of hydrogen-bond donors (Lipinski definition) is 1. The van der Waals surface area contributed by atoms with Crippen LogP contribution in [0.15, 0.2) is 17.8 Å². The molecule has 0 aromatic carbocycles. The van der Waals surface area contributed by atoms with Crippen molar-refractivity contribution in [3.8, 4) is 11.8 Å². The Bertz CT molecular complexity index is 444. The summed E-state index contributed by atoms with van der Waals surface area (Å²) < 4.78 is 0. The molecule has 2 unspecified atom stereocenters. The van der Waals surface area contributed by atoms with E-state index >= 15 is 0 Å². The fourth-order valence-corrected chi connectivity index (χ4v) is 3.35. The molecule has 3 aliphatic heterocycles. The third kappa shape index (κ3) is 4.59. The smallest absolute Gasteiger partial charge is 0.140 e. The zero-order chi connectivity index (χ0) is 15.8. The molecule has 3 heterocycles. The lowest BCUT2D eigenvalue weighted by atomic mass is 9.75. The van der Waals surface area contributed by atoms with Crippen molar-refractivity contribution < 1.29 is 9.94 Å². The highest BCUT2D eigenvalue weighted by Crippen LogP contribution is 2.35. The third-order valence-corrected chi connectivity index (χ3v) is 4.64. The molecule has 22 heavy (non-hydrogen) atoms. The highest BCUT2D eigenvalue weighted by Gasteiger charge is 2.44. The molecule has 3 saturated heterocycles. The predicted molar refractivity (Wildman–Crippen MR) is 89.5 cm³/mol. The Morgan fingerprint density at radius 1 is 1.45 bits per heavy atom. The van der Waals surface area contributed by atoms with Crippen LogP contribution in [-0.2, 0) is 4.84 Å². The summed E-state index contributed by atoms with van der Waals surface area (Å²) >= 11 is 0. The van der Waals surface area contributed by atoms with E-state index in [9.17, 15) is 5.11 Å². The van der Waals surface area contributed by atoms with Crippen molar-refractivity contribution in [3.63, 3.8) is 0 Å². The van der Waals surface area contributed by atoms with Gasteiger partial charge in [-0.15, -0.1) is 6.58 Å². The van der Waals surface area contributed by atoms with Gasteiger partial charge < -0.3 is 9.94 Å². The second kappa shape index (κ2) is 8.36. The maximum atomic E-state index is 10.8. The van der Waals surface area contributed by atoms with Crippen LogP contribution >= 0.6 is 0 Å². The van der Waals surface area contributed by atoms with E-state index < -0.39 is 5.60 Å². The van der Waals surface area contributed by atoms with Crippen LogP contribution in [0.3, 0.4) is 0 Å². The van der Waals surface area contributed by atoms with Crippen LogP contribution in [0.5, 0.6) is 0 Å². The van der Waals surface area contributed by atoms with Gasteiger partial charge in [0.2, 0.25) is 0 Å². The standard InChI is InChI=1S/C18H28N2O2/c1-3-6-16(8-12-19-22-4-2)7-5-11-18(21)15-20-13-9-17(18)10-14-20/h3,12,16-17,21H,1,4,6-10,13-15H2,2H3. The average molecular weight is 304 g/mol. The largest absolute Gasteiger partial charge is 0.396 e. The van der Waals surface area contributed by atoms with E-state index in [0.29, 0.717) is 25.0 Å². The molecule has 0 amide bonds. The monoisotopic (exact) mass is 304 g/mol. The van der Waals surface area contributed by atoms with Gasteiger partial charge in [0, 0.05) is 25.1 Å². The first-order chi connectivity index (χ1) is 10.7. The van der Waals surface area contributed by atoms with Crippen molar-refractivity contribution in [1.82, 2.24) is 4.90 Å². The molecule has 4 heteroatoms. The Balaban J connectivity index is 1.87. The topological polar surface area (TPSA) is 45.1 Å². The predicted octanol–water partition coefficient (Wildman–Crippen LogP) is 2.44. The lowest BCUT2D eigenvalue weighted by Gasteiger charge is -2.47. The van der Waals surface area contributed by atoms with Crippen molar-refractivity contribution in [2.75, 3.05) is 26.2 Å². The third-order valence-electron chi connectivity index (χ3n) is 4.64. The average Bonchev–Trinajstić information content (AvgIpc) is 2.52. The number of rotatable bonds is 7. The van der Waals surface area contributed by atoms with E-state index in [1.807, 2.05) is 19.2 Å². The Morgan fingerprint density at radius 2 is 2.23 bits per heavy atom. The molecule has 0 radical (unpaired) electrons. The van der Waals surface area contributed by atoms with Gasteiger partial charge in [0.05, 0.1) is 0 Å². The summed E-state index contributed by atoms with van der Waals surface area (Å²) in [5.74, 6) is 7.14. The zero-order valence-corrected chi connectivity index (χ0v) is 13.6. The van der Waals surface area contributed by atoms with Crippen molar-refractivity contribution in [2.45, 2.75) is 44.6 Å². The van der Waals surface area contributed by atoms with Crippen molar-refractivity contribution in [3.05, 3.63) is 12.7 Å². The number of oxime groups is 1. The van der Waals surface area contributed by atoms with Gasteiger partial charge in [0.1, 0.15) is 12.2 Å². The Hall–Kier alpha value is -1.31. The molecule has 0 spiro atoms. The van der Waals surface area contributed by atoms with E-state index in [2.05, 4.69) is 28.5 Å². The summed E-state index contributed by atoms with van der Waals surface area (Å²) in [4.78, 5) is 7.30. The summed E-state index contributed by atoms with van der Waals surface area (Å²) in [6.07, 6.45) is 8.37. The zero-order valence-electron chi connectivity index (χ0n) is 13.6. The van der Waals surface area contributed by atoms with E-state index in [-0.39, 0.29) is 0 Å². The highest BCUT2D eigenvalue weighted by atomic mass is 16.6. The van der Waals surface area contributed by atoms with Gasteiger partial charge in [-0.1, -0.05) is 23.1 Å². The van der Waals surface area contributed by atoms with Gasteiger partial charge in [-0.3, -0.25) is 4.90 Å². The van der Waals surface area contributed by atoms with Crippen LogP contribution in [0.4, 0.5) is 0 Å². The van der Waals surface area contributed by atoms with Crippen molar-refractivity contribution >= 4 is 6.21 Å². The Kier molecular flexibility index (Phi) is 6.48. The molecule has 3 rings (SSSR count). The maximum Gasteiger partial charge on any atom is 0.140 e. The van der Waals surface area contributed by atoms with Crippen molar-refractivity contribution in [2.24, 2.45) is 17.0 Å². The molecular weight excluding hydrogens is 276 g/mol. The Labute approximate surface area is 134 Å². The summed E-state index contributed by atoms with van der Waals surface area (Å²) in [5.41, 5.74) is -0.797. The molecule has 2 atom stereocenters. The molecule has 122 valence electrons. The van der Waals surface area contributed by atoms with E-state index in [0.717, 1.165) is 45.2 Å². The van der Waals surface area contributed by atoms with Gasteiger partial charge in [-0.2, -0.15) is 0 Å². The van der Waals surface area contributed by atoms with Gasteiger partial charge in [-0.05, 0) is 51.6 Å². The molecule has 0 saturated carbocycles. The van der Waals surface area contributed by atoms with Gasteiger partial charge in [0.25, 0.3) is 0 Å². The van der Waals surface area contributed by atoms with Crippen LogP contribution < -0.4 is 0 Å². The van der Waals surface area contributed by atoms with E-state index in [4.69, 9.17) is 4.84 Å². The number of hydrogen-bond acceptors (Lipinski definition) is 4. The SMILES string of the molecule is C=CCC(CC#CC1(O)CN2CCC1CC2)CC=NOCC. The maximum absolute atomic E-state index is 10.8. The summed E-state index contributed by atoms with van der Waals surface area (Å²) in [6, 6.07) is 0. The summed E-state index contributed by atoms with van der Waals surface area (Å²) in [6.45, 7) is 9.25. The van der Waals surface area contributed by atoms with Crippen LogP contribution in [-0.4, -0.2) is 48.1 Å². The minimum absolute atomic E-state index is 0.349. The normalized spacial score (nSPS) is 31.5. The molecular formula is C18H28N2O2. The number of nitrogens with zero attached hydrogens (tertiary/aromatic N) is 2. The highest BCUT2D eigenvalue weighted by molar-refractivity contribution is 5.56. The van der Waals surface area contributed by atoms with Crippen LogP contribution in [0.2, 0.25) is 0 Å². The minimum atomic E-state index is -0.797. The molecule has 0 aromatic rings. The molecule has 3 fully saturated rings. The first-order valence-electron chi connectivity index (χ1n) is 8.37. The second-order valence-corrected chi connectivity index (χ2v) is 6.31. The van der Waals surface area contributed by atoms with Gasteiger partial charge in [0.15, 0.2) is 0 Å². The minimum Gasteiger partial charge on any atom is -0.396 e. The molecule has 4 nitrogen and oxygen atoms in total.